The van der Waals surface area contributed by atoms with Gasteiger partial charge in [-0.3, -0.25) is 24.1 Å². The van der Waals surface area contributed by atoms with Gasteiger partial charge in [-0.1, -0.05) is 47.8 Å². The van der Waals surface area contributed by atoms with Crippen LogP contribution in [0.4, 0.5) is 5.69 Å². The van der Waals surface area contributed by atoms with Crippen molar-refractivity contribution in [2.24, 2.45) is 23.7 Å². The van der Waals surface area contributed by atoms with Gasteiger partial charge in [-0.2, -0.15) is 0 Å². The maximum absolute atomic E-state index is 12.9. The number of esters is 1. The summed E-state index contributed by atoms with van der Waals surface area (Å²) in [6.45, 7) is 3.38. The van der Waals surface area contributed by atoms with Crippen LogP contribution in [0.1, 0.15) is 24.0 Å². The van der Waals surface area contributed by atoms with Crippen LogP contribution in [-0.2, 0) is 23.9 Å². The van der Waals surface area contributed by atoms with Crippen LogP contribution >= 0.6 is 47.8 Å². The summed E-state index contributed by atoms with van der Waals surface area (Å²) in [5.74, 6) is -1.79. The van der Waals surface area contributed by atoms with E-state index in [1.165, 1.54) is 4.90 Å². The highest BCUT2D eigenvalue weighted by atomic mass is 79.9. The average Bonchev–Trinajstić information content (AvgIpc) is 3.36. The molecule has 3 aliphatic rings. The van der Waals surface area contributed by atoms with E-state index in [9.17, 15) is 19.2 Å². The second kappa shape index (κ2) is 9.18. The lowest BCUT2D eigenvalue weighted by atomic mass is 9.81. The number of benzene rings is 1. The van der Waals surface area contributed by atoms with Gasteiger partial charge in [0.25, 0.3) is 5.91 Å². The monoisotopic (exact) mass is 632 g/mol. The minimum atomic E-state index is -0.624. The van der Waals surface area contributed by atoms with Crippen LogP contribution < -0.4 is 5.32 Å². The average molecular weight is 635 g/mol. The third-order valence-electron chi connectivity index (χ3n) is 6.98. The van der Waals surface area contributed by atoms with Gasteiger partial charge < -0.3 is 10.1 Å². The van der Waals surface area contributed by atoms with E-state index >= 15 is 0 Å². The Bertz CT molecular complexity index is 968. The third kappa shape index (κ3) is 4.07. The van der Waals surface area contributed by atoms with E-state index in [2.05, 4.69) is 53.1 Å². The summed E-state index contributed by atoms with van der Waals surface area (Å²) in [5.41, 5.74) is 2.58. The van der Waals surface area contributed by atoms with E-state index in [0.717, 1.165) is 22.0 Å². The molecule has 32 heavy (non-hydrogen) atoms. The van der Waals surface area contributed by atoms with E-state index in [4.69, 9.17) is 4.74 Å². The Morgan fingerprint density at radius 2 is 1.66 bits per heavy atom. The number of nitrogens with zero attached hydrogens (tertiary/aromatic N) is 1. The van der Waals surface area contributed by atoms with E-state index in [0.29, 0.717) is 5.69 Å². The maximum atomic E-state index is 12.9. The fourth-order valence-electron chi connectivity index (χ4n) is 5.16. The standard InChI is InChI=1S/C22H23Br3N2O5/c1-9-10(2)14(4-3-13(9)23)26-15(28)8-32-16(29)5-6-27-21(30)17-11-7-12(18(17)22(27)31)20(25)19(11)24/h3-4,11-12,17-20H,5-8H2,1-2H3,(H,26,28)/t11-,12-,17-,18-,19-,20+/m1/s1. The molecule has 7 nitrogen and oxygen atoms in total. The first-order chi connectivity index (χ1) is 15.1. The van der Waals surface area contributed by atoms with E-state index in [1.807, 2.05) is 19.9 Å². The number of fused-ring (bicyclic) bond motifs is 5. The number of amides is 3. The smallest absolute Gasteiger partial charge is 0.308 e. The number of imide groups is 1. The zero-order valence-corrected chi connectivity index (χ0v) is 22.3. The largest absolute Gasteiger partial charge is 0.456 e. The molecule has 2 aliphatic carbocycles. The quantitative estimate of drug-likeness (QED) is 0.293. The highest BCUT2D eigenvalue weighted by Gasteiger charge is 2.66. The molecule has 2 bridgehead atoms. The zero-order valence-electron chi connectivity index (χ0n) is 17.6. The number of likely N-dealkylation sites (tertiary alicyclic amines) is 1. The number of hydrogen-bond acceptors (Lipinski definition) is 5. The summed E-state index contributed by atoms with van der Waals surface area (Å²) in [6.07, 6.45) is 0.729. The van der Waals surface area contributed by atoms with Crippen molar-refractivity contribution in [3.63, 3.8) is 0 Å². The first-order valence-corrected chi connectivity index (χ1v) is 13.1. The van der Waals surface area contributed by atoms with Crippen LogP contribution in [0.2, 0.25) is 0 Å². The SMILES string of the molecule is Cc1c(Br)ccc(NC(=O)COC(=O)CCN2C(=O)[C@@H]3[C@H]4C[C@@H]([C@@H](Br)[C@H]4Br)[C@H]3C2=O)c1C. The van der Waals surface area contributed by atoms with Gasteiger partial charge in [0.05, 0.1) is 18.3 Å². The van der Waals surface area contributed by atoms with Crippen molar-refractivity contribution in [3.05, 3.63) is 27.7 Å². The van der Waals surface area contributed by atoms with Crippen LogP contribution in [0, 0.1) is 37.5 Å². The summed E-state index contributed by atoms with van der Waals surface area (Å²) < 4.78 is 6.00. The zero-order chi connectivity index (χ0) is 23.3. The molecule has 3 fully saturated rings. The predicted octanol–water partition coefficient (Wildman–Crippen LogP) is 3.72. The van der Waals surface area contributed by atoms with Gasteiger partial charge in [-0.15, -0.1) is 0 Å². The van der Waals surface area contributed by atoms with Crippen molar-refractivity contribution < 1.29 is 23.9 Å². The Hall–Kier alpha value is -1.26. The Balaban J connectivity index is 1.27. The Labute approximate surface area is 211 Å². The minimum absolute atomic E-state index is 0.0184. The van der Waals surface area contributed by atoms with Gasteiger partial charge in [0, 0.05) is 26.4 Å². The lowest BCUT2D eigenvalue weighted by Gasteiger charge is -2.28. The van der Waals surface area contributed by atoms with Gasteiger partial charge in [-0.05, 0) is 55.4 Å². The number of halogens is 3. The van der Waals surface area contributed by atoms with Crippen LogP contribution in [0.15, 0.2) is 16.6 Å². The molecule has 0 spiro atoms. The van der Waals surface area contributed by atoms with Gasteiger partial charge in [0.2, 0.25) is 11.8 Å². The Kier molecular flexibility index (Phi) is 6.85. The summed E-state index contributed by atoms with van der Waals surface area (Å²) in [7, 11) is 0. The van der Waals surface area contributed by atoms with Gasteiger partial charge in [0.1, 0.15) is 0 Å². The molecule has 172 valence electrons. The van der Waals surface area contributed by atoms with Crippen LogP contribution in [-0.4, -0.2) is 51.4 Å². The molecular formula is C22H23Br3N2O5. The molecule has 1 N–H and O–H groups in total. The van der Waals surface area contributed by atoms with Crippen LogP contribution in [0.5, 0.6) is 0 Å². The number of nitrogens with one attached hydrogen (secondary N) is 1. The summed E-state index contributed by atoms with van der Waals surface area (Å²) in [5, 5.41) is 2.73. The number of ether oxygens (including phenoxy) is 1. The molecule has 0 aromatic heterocycles. The lowest BCUT2D eigenvalue weighted by molar-refractivity contribution is -0.149. The topological polar surface area (TPSA) is 92.8 Å². The van der Waals surface area contributed by atoms with Crippen molar-refractivity contribution in [3.8, 4) is 0 Å². The van der Waals surface area contributed by atoms with Crippen LogP contribution in [0.3, 0.4) is 0 Å². The van der Waals surface area contributed by atoms with Crippen molar-refractivity contribution in [1.82, 2.24) is 4.90 Å². The van der Waals surface area contributed by atoms with Crippen LogP contribution in [0.25, 0.3) is 0 Å². The highest BCUT2D eigenvalue weighted by Crippen LogP contribution is 2.60. The molecule has 0 radical (unpaired) electrons. The number of anilines is 1. The molecule has 1 heterocycles. The predicted molar refractivity (Wildman–Crippen MR) is 129 cm³/mol. The molecule has 3 amide bonds. The molecule has 4 rings (SSSR count). The van der Waals surface area contributed by atoms with Gasteiger partial charge in [0.15, 0.2) is 6.61 Å². The molecule has 0 unspecified atom stereocenters. The summed E-state index contributed by atoms with van der Waals surface area (Å²) in [6, 6.07) is 3.61. The molecule has 1 saturated heterocycles. The van der Waals surface area contributed by atoms with E-state index in [-0.39, 0.29) is 58.1 Å². The molecule has 10 heteroatoms. The molecule has 1 aromatic carbocycles. The second-order valence-electron chi connectivity index (χ2n) is 8.64. The fraction of sp³-hybridized carbons (Fsp3) is 0.545. The van der Waals surface area contributed by atoms with E-state index in [1.54, 1.807) is 6.07 Å². The van der Waals surface area contributed by atoms with E-state index < -0.39 is 18.5 Å². The second-order valence-corrected chi connectivity index (χ2v) is 11.6. The number of carbonyl (C=O) groups excluding carboxylic acids is 4. The molecule has 2 saturated carbocycles. The Morgan fingerprint density at radius 1 is 1.06 bits per heavy atom. The first kappa shape index (κ1) is 23.9. The minimum Gasteiger partial charge on any atom is -0.456 e. The normalized spacial score (nSPS) is 30.6. The van der Waals surface area contributed by atoms with Crippen molar-refractivity contribution in [2.45, 2.75) is 36.3 Å². The number of carbonyl (C=O) groups is 4. The number of rotatable bonds is 6. The summed E-state index contributed by atoms with van der Waals surface area (Å²) >= 11 is 10.7. The number of alkyl halides is 2. The first-order valence-electron chi connectivity index (χ1n) is 10.5. The van der Waals surface area contributed by atoms with Gasteiger partial charge >= 0.3 is 5.97 Å². The Morgan fingerprint density at radius 3 is 2.25 bits per heavy atom. The lowest BCUT2D eigenvalue weighted by Crippen LogP contribution is -2.37. The molecule has 1 aliphatic heterocycles. The summed E-state index contributed by atoms with van der Waals surface area (Å²) in [4.78, 5) is 51.6. The third-order valence-corrected chi connectivity index (χ3v) is 11.0. The highest BCUT2D eigenvalue weighted by molar-refractivity contribution is 9.12. The molecule has 6 atom stereocenters. The van der Waals surface area contributed by atoms with Gasteiger partial charge in [-0.25, -0.2) is 0 Å². The molecule has 1 aromatic rings. The van der Waals surface area contributed by atoms with Crippen molar-refractivity contribution in [1.29, 1.82) is 0 Å². The molecular weight excluding hydrogens is 612 g/mol. The maximum Gasteiger partial charge on any atom is 0.308 e. The number of hydrogen-bond donors (Lipinski definition) is 1. The van der Waals surface area contributed by atoms with Crippen molar-refractivity contribution in [2.75, 3.05) is 18.5 Å². The van der Waals surface area contributed by atoms with Crippen molar-refractivity contribution >= 4 is 77.2 Å². The fourth-order valence-corrected chi connectivity index (χ4v) is 7.46.